The molecule has 0 saturated carbocycles. The number of benzene rings is 1. The van der Waals surface area contributed by atoms with E-state index in [0.29, 0.717) is 18.8 Å². The predicted molar refractivity (Wildman–Crippen MR) is 70.3 cm³/mol. The fourth-order valence-electron chi connectivity index (χ4n) is 2.14. The lowest BCUT2D eigenvalue weighted by Gasteiger charge is -2.20. The molecule has 0 unspecified atom stereocenters. The molecule has 1 heterocycles. The third-order valence-corrected chi connectivity index (χ3v) is 3.05. The maximum atomic E-state index is 11.5. The van der Waals surface area contributed by atoms with Crippen molar-refractivity contribution in [3.63, 3.8) is 0 Å². The van der Waals surface area contributed by atoms with E-state index in [4.69, 9.17) is 10.5 Å². The van der Waals surface area contributed by atoms with Crippen LogP contribution < -0.4 is 15.8 Å². The number of hydrogen-bond acceptors (Lipinski definition) is 4. The molecule has 0 bridgehead atoms. The summed E-state index contributed by atoms with van der Waals surface area (Å²) in [5, 5.41) is 2.87. The topological polar surface area (TPSA) is 67.6 Å². The lowest BCUT2D eigenvalue weighted by atomic mass is 10.1. The van der Waals surface area contributed by atoms with Gasteiger partial charge in [0.15, 0.2) is 0 Å². The second-order valence-corrected chi connectivity index (χ2v) is 4.49. The molecule has 1 fully saturated rings. The van der Waals surface area contributed by atoms with Crippen molar-refractivity contribution in [3.05, 3.63) is 23.8 Å². The Kier molecular flexibility index (Phi) is 4.04. The summed E-state index contributed by atoms with van der Waals surface area (Å²) in [6.45, 7) is 2.81. The molecule has 98 valence electrons. The zero-order chi connectivity index (χ0) is 13.0. The van der Waals surface area contributed by atoms with Gasteiger partial charge in [-0.2, -0.15) is 0 Å². The first-order valence-corrected chi connectivity index (χ1v) is 6.10. The number of ether oxygens (including phenoxy) is 1. The molecule has 0 aromatic heterocycles. The van der Waals surface area contributed by atoms with E-state index in [1.54, 1.807) is 7.11 Å². The van der Waals surface area contributed by atoms with Crippen LogP contribution in [0.4, 0.5) is 5.69 Å². The van der Waals surface area contributed by atoms with Crippen molar-refractivity contribution in [1.29, 1.82) is 0 Å². The average Bonchev–Trinajstić information content (AvgIpc) is 2.56. The van der Waals surface area contributed by atoms with E-state index in [0.717, 1.165) is 30.8 Å². The van der Waals surface area contributed by atoms with Gasteiger partial charge in [0.25, 0.3) is 0 Å². The van der Waals surface area contributed by atoms with Crippen molar-refractivity contribution in [2.75, 3.05) is 32.5 Å². The van der Waals surface area contributed by atoms with Gasteiger partial charge in [0.05, 0.1) is 13.7 Å². The molecule has 0 aliphatic carbocycles. The van der Waals surface area contributed by atoms with E-state index >= 15 is 0 Å². The van der Waals surface area contributed by atoms with Gasteiger partial charge < -0.3 is 15.8 Å². The molecule has 2 rings (SSSR count). The van der Waals surface area contributed by atoms with Crippen LogP contribution in [0.1, 0.15) is 12.0 Å². The lowest BCUT2D eigenvalue weighted by molar-refractivity contribution is -0.121. The van der Waals surface area contributed by atoms with Crippen LogP contribution in [0.15, 0.2) is 18.2 Å². The Morgan fingerprint density at radius 3 is 3.11 bits per heavy atom. The number of nitrogens with zero attached hydrogens (tertiary/aromatic N) is 1. The van der Waals surface area contributed by atoms with E-state index in [1.165, 1.54) is 0 Å². The third kappa shape index (κ3) is 3.13. The van der Waals surface area contributed by atoms with Gasteiger partial charge in [0.2, 0.25) is 5.91 Å². The second-order valence-electron chi connectivity index (χ2n) is 4.49. The lowest BCUT2D eigenvalue weighted by Crippen LogP contribution is -2.32. The molecule has 18 heavy (non-hydrogen) atoms. The number of methoxy groups -OCH3 is 1. The summed E-state index contributed by atoms with van der Waals surface area (Å²) < 4.78 is 5.32. The molecule has 1 aromatic rings. The van der Waals surface area contributed by atoms with Crippen molar-refractivity contribution in [2.45, 2.75) is 13.0 Å². The van der Waals surface area contributed by atoms with Gasteiger partial charge in [-0.1, -0.05) is 6.07 Å². The number of anilines is 1. The molecule has 1 aliphatic rings. The van der Waals surface area contributed by atoms with Crippen molar-refractivity contribution < 1.29 is 9.53 Å². The minimum Gasteiger partial charge on any atom is -0.496 e. The number of nitrogens with two attached hydrogens (primary N) is 1. The minimum atomic E-state index is 0.0851. The summed E-state index contributed by atoms with van der Waals surface area (Å²) in [5.41, 5.74) is 7.47. The van der Waals surface area contributed by atoms with Crippen LogP contribution in [-0.4, -0.2) is 37.6 Å². The van der Waals surface area contributed by atoms with Crippen LogP contribution in [0.25, 0.3) is 0 Å². The molecule has 5 nitrogen and oxygen atoms in total. The largest absolute Gasteiger partial charge is 0.496 e. The van der Waals surface area contributed by atoms with Crippen molar-refractivity contribution in [3.8, 4) is 5.75 Å². The number of amides is 1. The standard InChI is InChI=1S/C13H19N3O2/c1-18-12-7-11(14)4-3-10(12)8-16-6-2-5-15-13(17)9-16/h3-4,7H,2,5-6,8-9,14H2,1H3,(H,15,17). The van der Waals surface area contributed by atoms with Crippen molar-refractivity contribution in [1.82, 2.24) is 10.2 Å². The highest BCUT2D eigenvalue weighted by molar-refractivity contribution is 5.78. The SMILES string of the molecule is COc1cc(N)ccc1CN1CCCNC(=O)C1. The van der Waals surface area contributed by atoms with Crippen LogP contribution in [0.2, 0.25) is 0 Å². The van der Waals surface area contributed by atoms with E-state index in [2.05, 4.69) is 10.2 Å². The quantitative estimate of drug-likeness (QED) is 0.770. The normalized spacial score (nSPS) is 17.1. The summed E-state index contributed by atoms with van der Waals surface area (Å²) in [7, 11) is 1.63. The van der Waals surface area contributed by atoms with Gasteiger partial charge >= 0.3 is 0 Å². The third-order valence-electron chi connectivity index (χ3n) is 3.05. The Balaban J connectivity index is 2.10. The van der Waals surface area contributed by atoms with Crippen molar-refractivity contribution in [2.24, 2.45) is 0 Å². The molecule has 1 saturated heterocycles. The molecule has 3 N–H and O–H groups in total. The highest BCUT2D eigenvalue weighted by Crippen LogP contribution is 2.23. The fraction of sp³-hybridized carbons (Fsp3) is 0.462. The molecule has 0 spiro atoms. The summed E-state index contributed by atoms with van der Waals surface area (Å²) in [5.74, 6) is 0.863. The number of carbonyl (C=O) groups excluding carboxylic acids is 1. The minimum absolute atomic E-state index is 0.0851. The molecular formula is C13H19N3O2. The molecular weight excluding hydrogens is 230 g/mol. The Bertz CT molecular complexity index is 434. The number of carbonyl (C=O) groups is 1. The Labute approximate surface area is 107 Å². The smallest absolute Gasteiger partial charge is 0.234 e. The highest BCUT2D eigenvalue weighted by Gasteiger charge is 2.16. The Morgan fingerprint density at radius 2 is 2.33 bits per heavy atom. The highest BCUT2D eigenvalue weighted by atomic mass is 16.5. The first kappa shape index (κ1) is 12.7. The fourth-order valence-corrected chi connectivity index (χ4v) is 2.14. The maximum absolute atomic E-state index is 11.5. The predicted octanol–water partition coefficient (Wildman–Crippen LogP) is 0.599. The van der Waals surface area contributed by atoms with Crippen LogP contribution in [0, 0.1) is 0 Å². The monoisotopic (exact) mass is 249 g/mol. The van der Waals surface area contributed by atoms with E-state index in [9.17, 15) is 4.79 Å². The maximum Gasteiger partial charge on any atom is 0.234 e. The molecule has 1 amide bonds. The molecule has 0 atom stereocenters. The summed E-state index contributed by atoms with van der Waals surface area (Å²) in [6, 6.07) is 5.62. The van der Waals surface area contributed by atoms with Gasteiger partial charge in [0, 0.05) is 37.0 Å². The number of nitrogens with one attached hydrogen (secondary N) is 1. The summed E-state index contributed by atoms with van der Waals surface area (Å²) >= 11 is 0. The Hall–Kier alpha value is -1.75. The average molecular weight is 249 g/mol. The van der Waals surface area contributed by atoms with Crippen LogP contribution in [-0.2, 0) is 11.3 Å². The van der Waals surface area contributed by atoms with Crippen LogP contribution in [0.3, 0.4) is 0 Å². The van der Waals surface area contributed by atoms with Gasteiger partial charge in [-0.05, 0) is 12.5 Å². The molecule has 5 heteroatoms. The van der Waals surface area contributed by atoms with Crippen molar-refractivity contribution >= 4 is 11.6 Å². The van der Waals surface area contributed by atoms with E-state index in [1.807, 2.05) is 18.2 Å². The van der Waals surface area contributed by atoms with Gasteiger partial charge in [-0.25, -0.2) is 0 Å². The zero-order valence-corrected chi connectivity index (χ0v) is 10.6. The number of nitrogen functional groups attached to an aromatic ring is 1. The molecule has 1 aromatic carbocycles. The first-order valence-electron chi connectivity index (χ1n) is 6.10. The van der Waals surface area contributed by atoms with Gasteiger partial charge in [-0.15, -0.1) is 0 Å². The first-order chi connectivity index (χ1) is 8.69. The van der Waals surface area contributed by atoms with Gasteiger partial charge in [-0.3, -0.25) is 9.69 Å². The zero-order valence-electron chi connectivity index (χ0n) is 10.6. The number of rotatable bonds is 3. The molecule has 0 radical (unpaired) electrons. The summed E-state index contributed by atoms with van der Waals surface area (Å²) in [6.07, 6.45) is 0.975. The summed E-state index contributed by atoms with van der Waals surface area (Å²) in [4.78, 5) is 13.6. The van der Waals surface area contributed by atoms with Gasteiger partial charge in [0.1, 0.15) is 5.75 Å². The molecule has 1 aliphatic heterocycles. The van der Waals surface area contributed by atoms with E-state index < -0.39 is 0 Å². The van der Waals surface area contributed by atoms with Crippen LogP contribution >= 0.6 is 0 Å². The van der Waals surface area contributed by atoms with Crippen LogP contribution in [0.5, 0.6) is 5.75 Å². The second kappa shape index (κ2) is 5.73. The Morgan fingerprint density at radius 1 is 1.50 bits per heavy atom. The number of hydrogen-bond donors (Lipinski definition) is 2. The van der Waals surface area contributed by atoms with E-state index in [-0.39, 0.29) is 5.91 Å².